The van der Waals surface area contributed by atoms with Gasteiger partial charge in [-0.05, 0) is 32.4 Å². The Hall–Kier alpha value is -1.38. The van der Waals surface area contributed by atoms with Crippen molar-refractivity contribution in [2.24, 2.45) is 0 Å². The fourth-order valence-electron chi connectivity index (χ4n) is 1.79. The lowest BCUT2D eigenvalue weighted by Crippen LogP contribution is -2.26. The molecule has 0 radical (unpaired) electrons. The molecule has 0 atom stereocenters. The van der Waals surface area contributed by atoms with Crippen LogP contribution in [0.25, 0.3) is 0 Å². The van der Waals surface area contributed by atoms with Gasteiger partial charge >= 0.3 is 5.97 Å². The van der Waals surface area contributed by atoms with Gasteiger partial charge in [0.1, 0.15) is 5.60 Å². The molecule has 1 heterocycles. The number of carbonyl (C=O) groups is 1. The summed E-state index contributed by atoms with van der Waals surface area (Å²) in [6, 6.07) is 3.80. The van der Waals surface area contributed by atoms with E-state index in [9.17, 15) is 4.79 Å². The van der Waals surface area contributed by atoms with E-state index in [-0.39, 0.29) is 17.8 Å². The molecule has 3 nitrogen and oxygen atoms in total. The Bertz CT molecular complexity index is 425. The number of pyridine rings is 1. The molecule has 114 valence electrons. The number of rotatable bonds is 2. The first-order valence-electron chi connectivity index (χ1n) is 7.26. The van der Waals surface area contributed by atoms with Crippen LogP contribution < -0.4 is 0 Å². The Morgan fingerprint density at radius 3 is 2.15 bits per heavy atom. The molecule has 0 bridgehead atoms. The van der Waals surface area contributed by atoms with Crippen molar-refractivity contribution in [3.63, 3.8) is 0 Å². The highest BCUT2D eigenvalue weighted by molar-refractivity contribution is 5.73. The topological polar surface area (TPSA) is 39.2 Å². The fraction of sp³-hybridized carbons (Fsp3) is 0.647. The van der Waals surface area contributed by atoms with Gasteiger partial charge in [-0.25, -0.2) is 0 Å². The lowest BCUT2D eigenvalue weighted by molar-refractivity contribution is -0.153. The maximum absolute atomic E-state index is 11.9. The molecule has 1 rings (SSSR count). The van der Waals surface area contributed by atoms with E-state index in [1.165, 1.54) is 0 Å². The van der Waals surface area contributed by atoms with E-state index < -0.39 is 5.60 Å². The molecule has 3 heteroatoms. The number of hydrogen-bond acceptors (Lipinski definition) is 3. The second kappa shape index (κ2) is 7.41. The summed E-state index contributed by atoms with van der Waals surface area (Å²) in [6.07, 6.45) is 2.04. The van der Waals surface area contributed by atoms with Crippen molar-refractivity contribution < 1.29 is 9.53 Å². The van der Waals surface area contributed by atoms with Crippen molar-refractivity contribution in [2.45, 2.75) is 72.8 Å². The number of carbonyl (C=O) groups excluding carboxylic acids is 1. The first kappa shape index (κ1) is 18.6. The Kier molecular flexibility index (Phi) is 6.90. The van der Waals surface area contributed by atoms with E-state index >= 15 is 0 Å². The van der Waals surface area contributed by atoms with E-state index in [0.29, 0.717) is 0 Å². The minimum Gasteiger partial charge on any atom is -0.460 e. The van der Waals surface area contributed by atoms with Crippen molar-refractivity contribution in [1.29, 1.82) is 0 Å². The van der Waals surface area contributed by atoms with Crippen LogP contribution in [0.1, 0.15) is 66.6 Å². The van der Waals surface area contributed by atoms with Crippen LogP contribution in [0.5, 0.6) is 0 Å². The van der Waals surface area contributed by atoms with Gasteiger partial charge < -0.3 is 4.74 Å². The molecular weight excluding hydrogens is 250 g/mol. The summed E-state index contributed by atoms with van der Waals surface area (Å²) >= 11 is 0. The zero-order valence-electron chi connectivity index (χ0n) is 14.2. The van der Waals surface area contributed by atoms with Gasteiger partial charge in [0, 0.05) is 17.3 Å². The maximum Gasteiger partial charge on any atom is 0.310 e. The van der Waals surface area contributed by atoms with Gasteiger partial charge in [-0.2, -0.15) is 0 Å². The Labute approximate surface area is 123 Å². The number of hydrogen-bond donors (Lipinski definition) is 0. The second-order valence-corrected chi connectivity index (χ2v) is 6.52. The molecule has 0 aliphatic rings. The Morgan fingerprint density at radius 2 is 1.70 bits per heavy atom. The van der Waals surface area contributed by atoms with Crippen LogP contribution in [0.3, 0.4) is 0 Å². The Morgan fingerprint density at radius 1 is 1.15 bits per heavy atom. The van der Waals surface area contributed by atoms with Crippen LogP contribution in [-0.4, -0.2) is 16.6 Å². The highest BCUT2D eigenvalue weighted by atomic mass is 16.6. The highest BCUT2D eigenvalue weighted by Gasteiger charge is 2.22. The molecule has 0 unspecified atom stereocenters. The summed E-state index contributed by atoms with van der Waals surface area (Å²) in [5.41, 5.74) is 1.38. The number of esters is 1. The molecule has 0 N–H and O–H groups in total. The molecule has 0 aliphatic carbocycles. The second-order valence-electron chi connectivity index (χ2n) is 6.52. The number of ether oxygens (including phenoxy) is 1. The van der Waals surface area contributed by atoms with Crippen LogP contribution >= 0.6 is 0 Å². The molecule has 0 fully saturated rings. The van der Waals surface area contributed by atoms with Crippen molar-refractivity contribution in [2.75, 3.05) is 0 Å². The first-order chi connectivity index (χ1) is 9.09. The van der Waals surface area contributed by atoms with E-state index in [1.54, 1.807) is 6.20 Å². The highest BCUT2D eigenvalue weighted by Crippen LogP contribution is 2.24. The summed E-state index contributed by atoms with van der Waals surface area (Å²) in [5, 5.41) is 0. The normalized spacial score (nSPS) is 11.4. The van der Waals surface area contributed by atoms with Crippen LogP contribution in [0, 0.1) is 0 Å². The average molecular weight is 279 g/mol. The molecule has 0 aliphatic heterocycles. The van der Waals surface area contributed by atoms with Crippen LogP contribution in [0.4, 0.5) is 0 Å². The lowest BCUT2D eigenvalue weighted by atomic mass is 9.87. The van der Waals surface area contributed by atoms with E-state index in [2.05, 4.69) is 25.8 Å². The van der Waals surface area contributed by atoms with Crippen molar-refractivity contribution >= 4 is 5.97 Å². The third-order valence-electron chi connectivity index (χ3n) is 2.36. The third kappa shape index (κ3) is 6.69. The third-order valence-corrected chi connectivity index (χ3v) is 2.36. The summed E-state index contributed by atoms with van der Waals surface area (Å²) in [5.74, 6) is -0.207. The summed E-state index contributed by atoms with van der Waals surface area (Å²) < 4.78 is 5.34. The largest absolute Gasteiger partial charge is 0.460 e. The van der Waals surface area contributed by atoms with E-state index in [1.807, 2.05) is 46.8 Å². The lowest BCUT2D eigenvalue weighted by Gasteiger charge is -2.23. The molecule has 0 saturated heterocycles. The smallest absolute Gasteiger partial charge is 0.310 e. The zero-order chi connectivity index (χ0) is 16.0. The predicted molar refractivity (Wildman–Crippen MR) is 83.8 cm³/mol. The minimum atomic E-state index is -0.443. The molecule has 0 saturated carbocycles. The van der Waals surface area contributed by atoms with Crippen LogP contribution in [0.2, 0.25) is 0 Å². The van der Waals surface area contributed by atoms with Gasteiger partial charge in [0.25, 0.3) is 0 Å². The molecule has 0 amide bonds. The molecule has 1 aromatic rings. The van der Waals surface area contributed by atoms with Gasteiger partial charge in [-0.1, -0.05) is 40.7 Å². The SMILES string of the molecule is CC.CC(C)(C)OC(=O)Cc1cccnc1C(C)(C)C. The molecule has 0 spiro atoms. The molecule has 1 aromatic heterocycles. The zero-order valence-corrected chi connectivity index (χ0v) is 14.2. The fourth-order valence-corrected chi connectivity index (χ4v) is 1.79. The molecular formula is C17H29NO2. The predicted octanol–water partition coefficient (Wildman–Crippen LogP) is 4.29. The van der Waals surface area contributed by atoms with Crippen molar-refractivity contribution in [1.82, 2.24) is 4.98 Å². The monoisotopic (exact) mass is 279 g/mol. The van der Waals surface area contributed by atoms with Crippen LogP contribution in [-0.2, 0) is 21.4 Å². The van der Waals surface area contributed by atoms with Gasteiger partial charge in [0.2, 0.25) is 0 Å². The average Bonchev–Trinajstić information content (AvgIpc) is 2.28. The molecule has 0 aromatic carbocycles. The summed E-state index contributed by atoms with van der Waals surface area (Å²) in [7, 11) is 0. The Balaban J connectivity index is 0.00000172. The van der Waals surface area contributed by atoms with Crippen LogP contribution in [0.15, 0.2) is 18.3 Å². The first-order valence-corrected chi connectivity index (χ1v) is 7.26. The van der Waals surface area contributed by atoms with Crippen molar-refractivity contribution in [3.05, 3.63) is 29.6 Å². The quantitative estimate of drug-likeness (QED) is 0.758. The van der Waals surface area contributed by atoms with E-state index in [4.69, 9.17) is 4.74 Å². The maximum atomic E-state index is 11.9. The number of aromatic nitrogens is 1. The minimum absolute atomic E-state index is 0.0708. The summed E-state index contributed by atoms with van der Waals surface area (Å²) in [4.78, 5) is 16.2. The van der Waals surface area contributed by atoms with Gasteiger partial charge in [-0.3, -0.25) is 9.78 Å². The summed E-state index contributed by atoms with van der Waals surface area (Å²) in [6.45, 7) is 15.9. The van der Waals surface area contributed by atoms with Crippen molar-refractivity contribution in [3.8, 4) is 0 Å². The van der Waals surface area contributed by atoms with Gasteiger partial charge in [0.15, 0.2) is 0 Å². The van der Waals surface area contributed by atoms with E-state index in [0.717, 1.165) is 11.3 Å². The standard InChI is InChI=1S/C15H23NO2.C2H6/c1-14(2,3)13-11(8-7-9-16-13)10-12(17)18-15(4,5)6;1-2/h7-9H,10H2,1-6H3;1-2H3. The molecule has 20 heavy (non-hydrogen) atoms. The van der Waals surface area contributed by atoms with Gasteiger partial charge in [-0.15, -0.1) is 0 Å². The van der Waals surface area contributed by atoms with Gasteiger partial charge in [0.05, 0.1) is 6.42 Å². The number of nitrogens with zero attached hydrogens (tertiary/aromatic N) is 1.